The second-order valence-corrected chi connectivity index (χ2v) is 3.57. The minimum atomic E-state index is 0.692. The summed E-state index contributed by atoms with van der Waals surface area (Å²) < 4.78 is 4.32. The number of rotatable bonds is 2. The van der Waals surface area contributed by atoms with Gasteiger partial charge in [-0.3, -0.25) is 0 Å². The normalized spacial score (nSPS) is 23.2. The first-order valence-electron chi connectivity index (χ1n) is 4.59. The molecule has 2 heterocycles. The first kappa shape index (κ1) is 7.80. The minimum absolute atomic E-state index is 0.692. The summed E-state index contributed by atoms with van der Waals surface area (Å²) in [4.78, 5) is 0. The van der Waals surface area contributed by atoms with Gasteiger partial charge in [-0.15, -0.1) is 0 Å². The second kappa shape index (κ2) is 3.27. The molecular weight excluding hydrogens is 150 g/mol. The molecule has 0 radical (unpaired) electrons. The van der Waals surface area contributed by atoms with Crippen LogP contribution in [0.3, 0.4) is 0 Å². The van der Waals surface area contributed by atoms with Gasteiger partial charge < -0.3 is 5.32 Å². The van der Waals surface area contributed by atoms with Gasteiger partial charge in [-0.25, -0.2) is 9.13 Å². The highest BCUT2D eigenvalue weighted by Gasteiger charge is 2.16. The summed E-state index contributed by atoms with van der Waals surface area (Å²) in [6.45, 7) is 2.30. The van der Waals surface area contributed by atoms with Gasteiger partial charge >= 0.3 is 0 Å². The Morgan fingerprint density at radius 1 is 1.67 bits per heavy atom. The molecule has 2 rings (SSSR count). The van der Waals surface area contributed by atoms with Gasteiger partial charge in [0.2, 0.25) is 6.33 Å². The fourth-order valence-corrected chi connectivity index (χ4v) is 1.78. The summed E-state index contributed by atoms with van der Waals surface area (Å²) in [6, 6.07) is 0.692. The number of hydrogen-bond acceptors (Lipinski definition) is 1. The van der Waals surface area contributed by atoms with Crippen molar-refractivity contribution in [3.63, 3.8) is 0 Å². The van der Waals surface area contributed by atoms with E-state index in [4.69, 9.17) is 0 Å². The lowest BCUT2D eigenvalue weighted by atomic mass is 10.2. The summed E-state index contributed by atoms with van der Waals surface area (Å²) >= 11 is 0. The van der Waals surface area contributed by atoms with E-state index in [1.807, 2.05) is 0 Å². The monoisotopic (exact) mass is 166 g/mol. The van der Waals surface area contributed by atoms with Crippen molar-refractivity contribution in [2.75, 3.05) is 6.54 Å². The largest absolute Gasteiger partial charge is 0.310 e. The highest BCUT2D eigenvalue weighted by Crippen LogP contribution is 2.06. The Bertz CT molecular complexity index is 248. The molecule has 1 atom stereocenters. The molecule has 1 aliphatic heterocycles. The Kier molecular flexibility index (Phi) is 2.13. The van der Waals surface area contributed by atoms with Crippen LogP contribution in [-0.2, 0) is 13.6 Å². The van der Waals surface area contributed by atoms with Crippen LogP contribution in [0.5, 0.6) is 0 Å². The molecular formula is C9H16N3+. The maximum absolute atomic E-state index is 3.48. The van der Waals surface area contributed by atoms with Crippen LogP contribution in [0.4, 0.5) is 0 Å². The van der Waals surface area contributed by atoms with Gasteiger partial charge in [0.05, 0.1) is 7.05 Å². The third kappa shape index (κ3) is 1.67. The summed E-state index contributed by atoms with van der Waals surface area (Å²) in [5, 5.41) is 3.48. The first-order valence-corrected chi connectivity index (χ1v) is 4.59. The van der Waals surface area contributed by atoms with Crippen LogP contribution < -0.4 is 9.88 Å². The third-order valence-electron chi connectivity index (χ3n) is 2.42. The van der Waals surface area contributed by atoms with E-state index in [1.165, 1.54) is 19.4 Å². The maximum Gasteiger partial charge on any atom is 0.243 e. The highest BCUT2D eigenvalue weighted by molar-refractivity contribution is 4.77. The Morgan fingerprint density at radius 2 is 2.58 bits per heavy atom. The van der Waals surface area contributed by atoms with Crippen molar-refractivity contribution in [3.8, 4) is 0 Å². The van der Waals surface area contributed by atoms with Crippen molar-refractivity contribution >= 4 is 0 Å². The fraction of sp³-hybridized carbons (Fsp3) is 0.667. The van der Waals surface area contributed by atoms with Crippen molar-refractivity contribution in [3.05, 3.63) is 18.7 Å². The lowest BCUT2D eigenvalue weighted by Gasteiger charge is -2.05. The van der Waals surface area contributed by atoms with Gasteiger partial charge in [-0.05, 0) is 19.4 Å². The molecule has 1 aliphatic rings. The van der Waals surface area contributed by atoms with E-state index in [2.05, 4.69) is 40.2 Å². The van der Waals surface area contributed by atoms with E-state index >= 15 is 0 Å². The average Bonchev–Trinajstić information content (AvgIpc) is 2.63. The summed E-state index contributed by atoms with van der Waals surface area (Å²) in [5.74, 6) is 0. The van der Waals surface area contributed by atoms with Crippen LogP contribution in [0.1, 0.15) is 12.8 Å². The van der Waals surface area contributed by atoms with E-state index in [0.717, 1.165) is 6.54 Å². The molecule has 0 spiro atoms. The topological polar surface area (TPSA) is 20.8 Å². The quantitative estimate of drug-likeness (QED) is 0.616. The first-order chi connectivity index (χ1) is 5.84. The minimum Gasteiger partial charge on any atom is -0.310 e. The van der Waals surface area contributed by atoms with Crippen LogP contribution in [0.25, 0.3) is 0 Å². The molecule has 1 aromatic heterocycles. The van der Waals surface area contributed by atoms with Crippen molar-refractivity contribution in [2.45, 2.75) is 25.4 Å². The number of nitrogens with zero attached hydrogens (tertiary/aromatic N) is 2. The molecule has 3 nitrogen and oxygen atoms in total. The molecule has 1 N–H and O–H groups in total. The van der Waals surface area contributed by atoms with Gasteiger partial charge in [0.25, 0.3) is 0 Å². The van der Waals surface area contributed by atoms with Crippen molar-refractivity contribution in [1.82, 2.24) is 9.88 Å². The SMILES string of the molecule is C[n+]1ccn(CC2CCCN2)c1. The molecule has 0 aromatic carbocycles. The Hall–Kier alpha value is -0.830. The summed E-state index contributed by atoms with van der Waals surface area (Å²) in [5.41, 5.74) is 0. The van der Waals surface area contributed by atoms with Gasteiger partial charge in [-0.1, -0.05) is 0 Å². The average molecular weight is 166 g/mol. The molecule has 3 heteroatoms. The fourth-order valence-electron chi connectivity index (χ4n) is 1.78. The van der Waals surface area contributed by atoms with Crippen molar-refractivity contribution in [1.29, 1.82) is 0 Å². The molecule has 0 aliphatic carbocycles. The second-order valence-electron chi connectivity index (χ2n) is 3.57. The Morgan fingerprint density at radius 3 is 3.17 bits per heavy atom. The van der Waals surface area contributed by atoms with Gasteiger partial charge in [0.15, 0.2) is 0 Å². The lowest BCUT2D eigenvalue weighted by Crippen LogP contribution is -2.28. The van der Waals surface area contributed by atoms with Crippen LogP contribution >= 0.6 is 0 Å². The maximum atomic E-state index is 3.48. The van der Waals surface area contributed by atoms with Crippen LogP contribution in [-0.4, -0.2) is 17.2 Å². The Labute approximate surface area is 73.0 Å². The van der Waals surface area contributed by atoms with Crippen molar-refractivity contribution in [2.24, 2.45) is 7.05 Å². The molecule has 0 amide bonds. The number of hydrogen-bond donors (Lipinski definition) is 1. The zero-order valence-corrected chi connectivity index (χ0v) is 7.53. The number of imidazole rings is 1. The molecule has 0 bridgehead atoms. The van der Waals surface area contributed by atoms with E-state index in [0.29, 0.717) is 6.04 Å². The number of aryl methyl sites for hydroxylation is 1. The molecule has 1 fully saturated rings. The zero-order valence-electron chi connectivity index (χ0n) is 7.53. The molecule has 66 valence electrons. The summed E-state index contributed by atoms with van der Waals surface area (Å²) in [7, 11) is 2.05. The molecule has 0 saturated carbocycles. The van der Waals surface area contributed by atoms with Gasteiger partial charge in [0.1, 0.15) is 18.9 Å². The van der Waals surface area contributed by atoms with Crippen LogP contribution in [0.2, 0.25) is 0 Å². The third-order valence-corrected chi connectivity index (χ3v) is 2.42. The number of aromatic nitrogens is 2. The predicted molar refractivity (Wildman–Crippen MR) is 46.6 cm³/mol. The lowest BCUT2D eigenvalue weighted by molar-refractivity contribution is -0.671. The standard InChI is InChI=1S/C9H16N3/c1-11-5-6-12(8-11)7-9-3-2-4-10-9/h5-6,8-10H,2-4,7H2,1H3/q+1. The van der Waals surface area contributed by atoms with E-state index in [-0.39, 0.29) is 0 Å². The molecule has 1 unspecified atom stereocenters. The zero-order chi connectivity index (χ0) is 8.39. The molecule has 12 heavy (non-hydrogen) atoms. The predicted octanol–water partition coefficient (Wildman–Crippen LogP) is 0.0646. The smallest absolute Gasteiger partial charge is 0.243 e. The number of nitrogens with one attached hydrogen (secondary N) is 1. The van der Waals surface area contributed by atoms with Crippen LogP contribution in [0, 0.1) is 0 Å². The summed E-state index contributed by atoms with van der Waals surface area (Å²) in [6.07, 6.45) is 8.98. The Balaban J connectivity index is 1.94. The van der Waals surface area contributed by atoms with Gasteiger partial charge in [0, 0.05) is 6.04 Å². The van der Waals surface area contributed by atoms with E-state index in [1.54, 1.807) is 0 Å². The van der Waals surface area contributed by atoms with Crippen LogP contribution in [0.15, 0.2) is 18.7 Å². The van der Waals surface area contributed by atoms with Gasteiger partial charge in [-0.2, -0.15) is 0 Å². The molecule has 1 saturated heterocycles. The molecule has 1 aromatic rings. The van der Waals surface area contributed by atoms with E-state index in [9.17, 15) is 0 Å². The highest BCUT2D eigenvalue weighted by atomic mass is 15.1. The van der Waals surface area contributed by atoms with E-state index < -0.39 is 0 Å². The van der Waals surface area contributed by atoms with Crippen molar-refractivity contribution < 1.29 is 4.57 Å².